The highest BCUT2D eigenvalue weighted by Gasteiger charge is 2.20. The Labute approximate surface area is 97.8 Å². The molecule has 0 unspecified atom stereocenters. The van der Waals surface area contributed by atoms with E-state index in [4.69, 9.17) is 11.6 Å². The van der Waals surface area contributed by atoms with Gasteiger partial charge in [-0.25, -0.2) is 4.79 Å². The van der Waals surface area contributed by atoms with Crippen LogP contribution in [0.5, 0.6) is 5.75 Å². The topological polar surface area (TPSA) is 63.6 Å². The maximum atomic E-state index is 11.6. The van der Waals surface area contributed by atoms with Crippen LogP contribution >= 0.6 is 11.6 Å². The van der Waals surface area contributed by atoms with Crippen LogP contribution in [0, 0.1) is 6.92 Å². The van der Waals surface area contributed by atoms with E-state index in [9.17, 15) is 14.7 Å². The molecule has 0 amide bonds. The number of phenols is 1. The number of aryl methyl sites for hydroxylation is 1. The number of carbonyl (C=O) groups is 2. The highest BCUT2D eigenvalue weighted by molar-refractivity contribution is 6.41. The Hall–Kier alpha value is -1.55. The number of ether oxygens (including phenoxy) is 1. The van der Waals surface area contributed by atoms with Crippen molar-refractivity contribution < 1.29 is 19.4 Å². The molecule has 0 saturated heterocycles. The van der Waals surface area contributed by atoms with Gasteiger partial charge in [-0.15, -0.1) is 0 Å². The van der Waals surface area contributed by atoms with E-state index in [0.29, 0.717) is 5.56 Å². The maximum absolute atomic E-state index is 11.6. The molecule has 0 heterocycles. The van der Waals surface area contributed by atoms with Crippen molar-refractivity contribution in [1.82, 2.24) is 0 Å². The van der Waals surface area contributed by atoms with Crippen LogP contribution in [0.15, 0.2) is 12.1 Å². The first-order chi connectivity index (χ1) is 7.47. The van der Waals surface area contributed by atoms with Gasteiger partial charge < -0.3 is 9.84 Å². The van der Waals surface area contributed by atoms with Crippen molar-refractivity contribution in [2.45, 2.75) is 13.8 Å². The number of aromatic hydroxyl groups is 1. The molecule has 0 aromatic heterocycles. The van der Waals surface area contributed by atoms with Gasteiger partial charge in [0.2, 0.25) is 0 Å². The lowest BCUT2D eigenvalue weighted by atomic mass is 10.0. The normalized spacial score (nSPS) is 9.94. The van der Waals surface area contributed by atoms with Crippen LogP contribution in [0.2, 0.25) is 5.02 Å². The van der Waals surface area contributed by atoms with Crippen molar-refractivity contribution in [2.75, 3.05) is 6.61 Å². The number of carbonyl (C=O) groups excluding carboxylic acids is 2. The first kappa shape index (κ1) is 12.5. The van der Waals surface area contributed by atoms with Gasteiger partial charge in [-0.2, -0.15) is 0 Å². The van der Waals surface area contributed by atoms with Gasteiger partial charge in [-0.3, -0.25) is 4.79 Å². The molecule has 5 heteroatoms. The lowest BCUT2D eigenvalue weighted by molar-refractivity contribution is -0.137. The number of hydrogen-bond acceptors (Lipinski definition) is 4. The second-order valence-electron chi connectivity index (χ2n) is 3.17. The highest BCUT2D eigenvalue weighted by Crippen LogP contribution is 2.27. The molecule has 1 N–H and O–H groups in total. The molecule has 0 aliphatic carbocycles. The van der Waals surface area contributed by atoms with E-state index in [1.54, 1.807) is 13.8 Å². The van der Waals surface area contributed by atoms with Crippen molar-refractivity contribution in [3.05, 3.63) is 28.3 Å². The largest absolute Gasteiger partial charge is 0.506 e. The Bertz CT molecular complexity index is 440. The summed E-state index contributed by atoms with van der Waals surface area (Å²) in [5, 5.41) is 9.32. The molecule has 4 nitrogen and oxygen atoms in total. The summed E-state index contributed by atoms with van der Waals surface area (Å²) < 4.78 is 4.59. The number of ketones is 1. The first-order valence-electron chi connectivity index (χ1n) is 4.68. The number of rotatable bonds is 3. The zero-order valence-electron chi connectivity index (χ0n) is 8.91. The Morgan fingerprint density at radius 1 is 1.44 bits per heavy atom. The molecule has 0 aliphatic heterocycles. The fourth-order valence-electron chi connectivity index (χ4n) is 1.22. The van der Waals surface area contributed by atoms with Gasteiger partial charge in [-0.1, -0.05) is 11.6 Å². The van der Waals surface area contributed by atoms with E-state index in [0.717, 1.165) is 0 Å². The average molecular weight is 243 g/mol. The van der Waals surface area contributed by atoms with E-state index in [1.807, 2.05) is 0 Å². The second kappa shape index (κ2) is 4.99. The molecule has 0 radical (unpaired) electrons. The monoisotopic (exact) mass is 242 g/mol. The molecular weight excluding hydrogens is 232 g/mol. The highest BCUT2D eigenvalue weighted by atomic mass is 35.5. The van der Waals surface area contributed by atoms with E-state index in [2.05, 4.69) is 4.74 Å². The molecule has 0 fully saturated rings. The Balaban J connectivity index is 3.09. The first-order valence-corrected chi connectivity index (χ1v) is 5.05. The third-order valence-electron chi connectivity index (χ3n) is 2.00. The van der Waals surface area contributed by atoms with Crippen LogP contribution in [0.25, 0.3) is 0 Å². The minimum Gasteiger partial charge on any atom is -0.506 e. The molecule has 1 aromatic rings. The lowest BCUT2D eigenvalue weighted by Crippen LogP contribution is -2.18. The Morgan fingerprint density at radius 3 is 2.62 bits per heavy atom. The molecule has 1 aromatic carbocycles. The smallest absolute Gasteiger partial charge is 0.379 e. The third kappa shape index (κ3) is 2.52. The summed E-state index contributed by atoms with van der Waals surface area (Å²) >= 11 is 5.66. The van der Waals surface area contributed by atoms with Crippen molar-refractivity contribution in [2.24, 2.45) is 0 Å². The van der Waals surface area contributed by atoms with Crippen LogP contribution in [-0.2, 0) is 9.53 Å². The van der Waals surface area contributed by atoms with Crippen LogP contribution in [0.1, 0.15) is 22.8 Å². The quantitative estimate of drug-likeness (QED) is 0.501. The number of esters is 1. The molecule has 0 spiro atoms. The molecule has 1 rings (SSSR count). The van der Waals surface area contributed by atoms with Crippen molar-refractivity contribution in [1.29, 1.82) is 0 Å². The van der Waals surface area contributed by atoms with E-state index >= 15 is 0 Å². The van der Waals surface area contributed by atoms with Crippen LogP contribution in [0.3, 0.4) is 0 Å². The minimum absolute atomic E-state index is 0.0262. The SMILES string of the molecule is CCOC(=O)C(=O)c1cc(Cl)c(O)cc1C. The minimum atomic E-state index is -0.924. The molecule has 0 saturated carbocycles. The van der Waals surface area contributed by atoms with Crippen molar-refractivity contribution >= 4 is 23.4 Å². The Kier molecular flexibility index (Phi) is 3.90. The van der Waals surface area contributed by atoms with Crippen molar-refractivity contribution in [3.8, 4) is 5.75 Å². The summed E-state index contributed by atoms with van der Waals surface area (Å²) in [7, 11) is 0. The van der Waals surface area contributed by atoms with Crippen molar-refractivity contribution in [3.63, 3.8) is 0 Å². The van der Waals surface area contributed by atoms with Crippen LogP contribution < -0.4 is 0 Å². The van der Waals surface area contributed by atoms with E-state index < -0.39 is 11.8 Å². The summed E-state index contributed by atoms with van der Waals surface area (Å²) in [4.78, 5) is 22.8. The third-order valence-corrected chi connectivity index (χ3v) is 2.30. The number of hydrogen-bond donors (Lipinski definition) is 1. The van der Waals surface area contributed by atoms with Crippen LogP contribution in [0.4, 0.5) is 0 Å². The number of Topliss-reactive ketones (excluding diaryl/α,β-unsaturated/α-hetero) is 1. The number of phenolic OH excluding ortho intramolecular Hbond substituents is 1. The fourth-order valence-corrected chi connectivity index (χ4v) is 1.38. The summed E-state index contributed by atoms with van der Waals surface area (Å²) in [6.07, 6.45) is 0. The summed E-state index contributed by atoms with van der Waals surface area (Å²) in [6, 6.07) is 2.58. The average Bonchev–Trinajstić information content (AvgIpc) is 2.23. The van der Waals surface area contributed by atoms with E-state index in [-0.39, 0.29) is 22.9 Å². The molecule has 0 aliphatic rings. The lowest BCUT2D eigenvalue weighted by Gasteiger charge is -2.06. The molecular formula is C11H11ClO4. The predicted octanol–water partition coefficient (Wildman–Crippen LogP) is 2.10. The zero-order valence-corrected chi connectivity index (χ0v) is 9.67. The van der Waals surface area contributed by atoms with Gasteiger partial charge >= 0.3 is 5.97 Å². The number of benzene rings is 1. The Morgan fingerprint density at radius 2 is 2.06 bits per heavy atom. The molecule has 16 heavy (non-hydrogen) atoms. The summed E-state index contributed by atoms with van der Waals surface area (Å²) in [6.45, 7) is 3.35. The van der Waals surface area contributed by atoms with Gasteiger partial charge in [0.25, 0.3) is 5.78 Å². The predicted molar refractivity (Wildman–Crippen MR) is 58.8 cm³/mol. The second-order valence-corrected chi connectivity index (χ2v) is 3.58. The van der Waals surface area contributed by atoms with Gasteiger partial charge in [0.15, 0.2) is 0 Å². The van der Waals surface area contributed by atoms with Gasteiger partial charge in [0, 0.05) is 5.56 Å². The zero-order chi connectivity index (χ0) is 12.3. The number of halogens is 1. The standard InChI is InChI=1S/C11H11ClO4/c1-3-16-11(15)10(14)7-5-8(12)9(13)4-6(7)2/h4-5,13H,3H2,1-2H3. The van der Waals surface area contributed by atoms with Gasteiger partial charge in [0.05, 0.1) is 11.6 Å². The maximum Gasteiger partial charge on any atom is 0.379 e. The van der Waals surface area contributed by atoms with E-state index in [1.165, 1.54) is 12.1 Å². The molecule has 86 valence electrons. The summed E-state index contributed by atoms with van der Waals surface area (Å²) in [5.74, 6) is -1.81. The summed E-state index contributed by atoms with van der Waals surface area (Å²) in [5.41, 5.74) is 0.612. The van der Waals surface area contributed by atoms with Gasteiger partial charge in [-0.05, 0) is 31.5 Å². The molecule has 0 bridgehead atoms. The van der Waals surface area contributed by atoms with Gasteiger partial charge in [0.1, 0.15) is 5.75 Å². The fraction of sp³-hybridized carbons (Fsp3) is 0.273. The molecule has 0 atom stereocenters. The van der Waals surface area contributed by atoms with Crippen LogP contribution in [-0.4, -0.2) is 23.5 Å².